The van der Waals surface area contributed by atoms with E-state index in [4.69, 9.17) is 23.7 Å². The van der Waals surface area contributed by atoms with Crippen LogP contribution in [-0.4, -0.2) is 134 Å². The normalized spacial score (nSPS) is 58.9. The molecule has 8 aliphatic rings. The van der Waals surface area contributed by atoms with Gasteiger partial charge in [0.1, 0.15) is 48.5 Å². The predicted molar refractivity (Wildman–Crippen MR) is 185 cm³/mol. The molecule has 52 heavy (non-hydrogen) atoms. The molecule has 1 spiro atoms. The molecule has 0 amide bonds. The van der Waals surface area contributed by atoms with Gasteiger partial charge >= 0.3 is 0 Å². The molecule has 0 radical (unpaired) electrons. The van der Waals surface area contributed by atoms with Crippen LogP contribution in [0.2, 0.25) is 0 Å². The number of fused-ring (bicyclic) bond motifs is 7. The van der Waals surface area contributed by atoms with Gasteiger partial charge in [-0.3, -0.25) is 5.32 Å². The van der Waals surface area contributed by atoms with Crippen LogP contribution in [0.3, 0.4) is 0 Å². The first-order valence-corrected chi connectivity index (χ1v) is 20.1. The van der Waals surface area contributed by atoms with Crippen molar-refractivity contribution in [2.45, 2.75) is 171 Å². The van der Waals surface area contributed by atoms with Gasteiger partial charge in [-0.05, 0) is 93.3 Å². The molecule has 0 aromatic heterocycles. The van der Waals surface area contributed by atoms with Crippen LogP contribution in [0.4, 0.5) is 0 Å². The van der Waals surface area contributed by atoms with Crippen LogP contribution in [0.1, 0.15) is 86.0 Å². The molecule has 296 valence electrons. The first-order valence-electron chi connectivity index (χ1n) is 20.1. The van der Waals surface area contributed by atoms with Gasteiger partial charge in [0, 0.05) is 17.9 Å². The minimum Gasteiger partial charge on any atom is -0.394 e. The fraction of sp³-hybridized carbons (Fsp3) is 0.949. The quantitative estimate of drug-likeness (QED) is 0.186. The Morgan fingerprint density at radius 3 is 2.29 bits per heavy atom. The maximum atomic E-state index is 12.2. The first kappa shape index (κ1) is 38.1. The molecule has 4 aliphatic carbocycles. The second-order valence-corrected chi connectivity index (χ2v) is 18.5. The van der Waals surface area contributed by atoms with Gasteiger partial charge in [-0.25, -0.2) is 0 Å². The Morgan fingerprint density at radius 2 is 1.58 bits per heavy atom. The average molecular weight is 738 g/mol. The van der Waals surface area contributed by atoms with E-state index in [0.29, 0.717) is 48.3 Å². The van der Waals surface area contributed by atoms with Crippen molar-refractivity contribution in [3.05, 3.63) is 11.6 Å². The van der Waals surface area contributed by atoms with E-state index in [-0.39, 0.29) is 28.8 Å². The molecule has 0 aromatic carbocycles. The second kappa shape index (κ2) is 13.7. The number of ether oxygens (including phenoxy) is 5. The molecule has 8 N–H and O–H groups in total. The Hall–Kier alpha value is -0.780. The highest BCUT2D eigenvalue weighted by Crippen LogP contribution is 2.70. The third-order valence-electron chi connectivity index (χ3n) is 15.9. The first-order chi connectivity index (χ1) is 24.6. The number of allylic oxidation sites excluding steroid dienone is 1. The van der Waals surface area contributed by atoms with Gasteiger partial charge < -0.3 is 59.4 Å². The van der Waals surface area contributed by atoms with Crippen molar-refractivity contribution in [1.29, 1.82) is 0 Å². The third-order valence-corrected chi connectivity index (χ3v) is 15.9. The topological polar surface area (TPSA) is 200 Å². The second-order valence-electron chi connectivity index (χ2n) is 18.5. The maximum Gasteiger partial charge on any atom is 0.187 e. The number of rotatable bonds is 5. The highest BCUT2D eigenvalue weighted by molar-refractivity contribution is 5.27. The van der Waals surface area contributed by atoms with E-state index < -0.39 is 74.1 Å². The number of piperidine rings is 1. The van der Waals surface area contributed by atoms with Crippen molar-refractivity contribution in [2.75, 3.05) is 13.2 Å². The Morgan fingerprint density at radius 1 is 0.846 bits per heavy atom. The Labute approximate surface area is 307 Å². The van der Waals surface area contributed by atoms with Crippen molar-refractivity contribution in [2.24, 2.45) is 46.3 Å². The standard InChI is InChI=1S/C39H63NO12/c1-17-8-11-39(40-15-17)18(2)28-25(52-39)13-24-22-7-6-20-12-21(9-10-37(20,4)23(22)14-27(42)38(24,28)5)49-36-33(47)31(45)34(26(16-41)50-36)51-35-32(46)30(44)29(43)19(3)48-35/h6,17-19,21-36,40-47H,7-16H2,1-5H3/t17-,18+,19+,21+,22-,23+,24+,25+,26-,27-,28+,29+,30-,31-,32-,33-,34-,35+,36-,37+,38-,39-/m1/s1. The summed E-state index contributed by atoms with van der Waals surface area (Å²) in [6, 6.07) is 0. The Bertz CT molecular complexity index is 1340. The molecule has 0 unspecified atom stereocenters. The van der Waals surface area contributed by atoms with Crippen LogP contribution in [0, 0.1) is 46.3 Å². The van der Waals surface area contributed by atoms with E-state index in [9.17, 15) is 35.7 Å². The monoisotopic (exact) mass is 737 g/mol. The molecule has 13 heteroatoms. The summed E-state index contributed by atoms with van der Waals surface area (Å²) in [6.07, 6.45) is -4.53. The lowest BCUT2D eigenvalue weighted by Crippen LogP contribution is -2.64. The molecule has 4 saturated heterocycles. The van der Waals surface area contributed by atoms with Crippen LogP contribution >= 0.6 is 0 Å². The fourth-order valence-electron chi connectivity index (χ4n) is 12.7. The molecular weight excluding hydrogens is 674 g/mol. The SMILES string of the molecule is C[C@@H]1CC[C@@]2(NC1)O[C@H]1C[C@H]3[C@@H]4CC=C5C[C@@H](O[C@@H]6O[C@H](CO)[C@@H](O[C@@H]7O[C@@H](C)[C@H](O)[C@@H](O)[C@H]7O)[C@H](O)[C@H]6O)CC[C@]5(C)[C@H]4C[C@@H](O)[C@]3(C)[C@H]1[C@@H]2C. The van der Waals surface area contributed by atoms with E-state index in [1.807, 2.05) is 0 Å². The zero-order chi connectivity index (χ0) is 37.1. The van der Waals surface area contributed by atoms with Crippen LogP contribution in [0.15, 0.2) is 11.6 Å². The fourth-order valence-corrected chi connectivity index (χ4v) is 12.7. The van der Waals surface area contributed by atoms with Gasteiger partial charge in [0.15, 0.2) is 12.6 Å². The minimum atomic E-state index is -1.62. The summed E-state index contributed by atoms with van der Waals surface area (Å²) in [7, 11) is 0. The number of aliphatic hydroxyl groups is 7. The molecule has 4 aliphatic heterocycles. The summed E-state index contributed by atoms with van der Waals surface area (Å²) in [5.74, 6) is 2.51. The van der Waals surface area contributed by atoms with E-state index in [1.54, 1.807) is 0 Å². The largest absolute Gasteiger partial charge is 0.394 e. The summed E-state index contributed by atoms with van der Waals surface area (Å²) in [5, 5.41) is 79.1. The van der Waals surface area contributed by atoms with E-state index in [1.165, 1.54) is 18.9 Å². The Kier molecular flexibility index (Phi) is 10.0. The minimum absolute atomic E-state index is 0.0915. The molecule has 13 nitrogen and oxygen atoms in total. The van der Waals surface area contributed by atoms with Crippen LogP contribution in [-0.2, 0) is 23.7 Å². The van der Waals surface area contributed by atoms with Gasteiger partial charge in [0.05, 0.1) is 31.0 Å². The zero-order valence-electron chi connectivity index (χ0n) is 31.3. The highest BCUT2D eigenvalue weighted by Gasteiger charge is 2.70. The molecular formula is C39H63NO12. The third kappa shape index (κ3) is 5.74. The summed E-state index contributed by atoms with van der Waals surface area (Å²) in [5.41, 5.74) is 0.757. The lowest BCUT2D eigenvalue weighted by atomic mass is 9.46. The van der Waals surface area contributed by atoms with Crippen molar-refractivity contribution in [3.8, 4) is 0 Å². The molecule has 22 atom stereocenters. The number of nitrogens with one attached hydrogen (secondary N) is 1. The van der Waals surface area contributed by atoms with Crippen molar-refractivity contribution in [1.82, 2.24) is 5.32 Å². The highest BCUT2D eigenvalue weighted by atomic mass is 16.7. The number of aliphatic hydroxyl groups excluding tert-OH is 7. The number of hydrogen-bond acceptors (Lipinski definition) is 13. The average Bonchev–Trinajstić information content (AvgIpc) is 3.57. The van der Waals surface area contributed by atoms with Crippen LogP contribution in [0.5, 0.6) is 0 Å². The lowest BCUT2D eigenvalue weighted by molar-refractivity contribution is -0.360. The predicted octanol–water partition coefficient (Wildman–Crippen LogP) is 0.934. The van der Waals surface area contributed by atoms with E-state index in [2.05, 4.69) is 39.1 Å². The van der Waals surface area contributed by atoms with Gasteiger partial charge in [-0.1, -0.05) is 39.3 Å². The molecule has 0 aromatic rings. The van der Waals surface area contributed by atoms with Gasteiger partial charge in [0.25, 0.3) is 0 Å². The van der Waals surface area contributed by atoms with Gasteiger partial charge in [0.2, 0.25) is 0 Å². The van der Waals surface area contributed by atoms with E-state index >= 15 is 0 Å². The summed E-state index contributed by atoms with van der Waals surface area (Å²) in [6.45, 7) is 11.3. The summed E-state index contributed by atoms with van der Waals surface area (Å²) in [4.78, 5) is 0. The van der Waals surface area contributed by atoms with Gasteiger partial charge in [-0.2, -0.15) is 0 Å². The van der Waals surface area contributed by atoms with Crippen LogP contribution < -0.4 is 5.32 Å². The van der Waals surface area contributed by atoms with E-state index in [0.717, 1.165) is 38.6 Å². The molecule has 0 bridgehead atoms. The van der Waals surface area contributed by atoms with Crippen molar-refractivity contribution in [3.63, 3.8) is 0 Å². The molecule has 8 rings (SSSR count). The number of hydrogen-bond donors (Lipinski definition) is 8. The Balaban J connectivity index is 0.930. The zero-order valence-corrected chi connectivity index (χ0v) is 31.3. The molecule has 4 heterocycles. The van der Waals surface area contributed by atoms with Crippen LogP contribution in [0.25, 0.3) is 0 Å². The van der Waals surface area contributed by atoms with Crippen molar-refractivity contribution < 1.29 is 59.4 Å². The smallest absolute Gasteiger partial charge is 0.187 e. The maximum absolute atomic E-state index is 12.2. The lowest BCUT2D eigenvalue weighted by Gasteiger charge is -2.60. The molecule has 3 saturated carbocycles. The molecule has 7 fully saturated rings. The van der Waals surface area contributed by atoms with Gasteiger partial charge in [-0.15, -0.1) is 0 Å². The summed E-state index contributed by atoms with van der Waals surface area (Å²) >= 11 is 0. The van der Waals surface area contributed by atoms with Crippen molar-refractivity contribution >= 4 is 0 Å². The summed E-state index contributed by atoms with van der Waals surface area (Å²) < 4.78 is 30.6.